The van der Waals surface area contributed by atoms with E-state index < -0.39 is 41.4 Å². The summed E-state index contributed by atoms with van der Waals surface area (Å²) in [4.78, 5) is 0. The summed E-state index contributed by atoms with van der Waals surface area (Å²) in [7, 11) is 0. The number of rotatable bonds is 4. The molecule has 4 aromatic carbocycles. The minimum atomic E-state index is -5.19. The maximum absolute atomic E-state index is 13.6. The van der Waals surface area contributed by atoms with Crippen molar-refractivity contribution in [3.05, 3.63) is 101 Å². The summed E-state index contributed by atoms with van der Waals surface area (Å²) in [5.41, 5.74) is -0.902. The number of ether oxygens (including phenoxy) is 2. The molecule has 0 heterocycles. The van der Waals surface area contributed by atoms with Crippen LogP contribution in [0.2, 0.25) is 0 Å². The summed E-state index contributed by atoms with van der Waals surface area (Å²) < 4.78 is 116. The third-order valence-electron chi connectivity index (χ3n) is 6.30. The second kappa shape index (κ2) is 10.2. The average molecular weight is 584 g/mol. The Morgan fingerprint density at radius 3 is 1.19 bits per heavy atom. The van der Waals surface area contributed by atoms with Gasteiger partial charge in [0.25, 0.3) is 0 Å². The lowest BCUT2D eigenvalue weighted by Gasteiger charge is -2.17. The summed E-state index contributed by atoms with van der Waals surface area (Å²) in [6.45, 7) is 0. The number of alkyl halides is 6. The molecule has 1 aliphatic carbocycles. The van der Waals surface area contributed by atoms with Gasteiger partial charge < -0.3 is 9.47 Å². The number of nitriles is 2. The average Bonchev–Trinajstić information content (AvgIpc) is 3.20. The van der Waals surface area contributed by atoms with Gasteiger partial charge in [-0.05, 0) is 81.9 Å². The van der Waals surface area contributed by atoms with Gasteiger partial charge in [0, 0.05) is 16.7 Å². The van der Waals surface area contributed by atoms with Crippen LogP contribution in [0.4, 0.5) is 35.1 Å². The van der Waals surface area contributed by atoms with E-state index in [2.05, 4.69) is 9.47 Å². The van der Waals surface area contributed by atoms with Crippen LogP contribution < -0.4 is 9.47 Å². The molecule has 0 N–H and O–H groups in total. The van der Waals surface area contributed by atoms with Crippen LogP contribution in [-0.4, -0.2) is 12.7 Å². The molecule has 42 heavy (non-hydrogen) atoms. The first kappa shape index (κ1) is 28.2. The lowest BCUT2D eigenvalue weighted by Crippen LogP contribution is -2.17. The Hall–Kier alpha value is -5.36. The number of benzene rings is 4. The maximum atomic E-state index is 13.6. The molecule has 0 amide bonds. The van der Waals surface area contributed by atoms with E-state index in [-0.39, 0.29) is 50.1 Å². The van der Waals surface area contributed by atoms with E-state index in [1.54, 1.807) is 12.1 Å². The highest BCUT2D eigenvalue weighted by Crippen LogP contribution is 2.53. The number of nitrogens with zero attached hydrogens (tertiary/aromatic N) is 2. The van der Waals surface area contributed by atoms with Crippen molar-refractivity contribution in [3.63, 3.8) is 0 Å². The highest BCUT2D eigenvalue weighted by atomic mass is 19.4. The van der Waals surface area contributed by atoms with Crippen molar-refractivity contribution in [3.8, 4) is 57.0 Å². The van der Waals surface area contributed by atoms with Gasteiger partial charge in [0.15, 0.2) is 0 Å². The van der Waals surface area contributed by atoms with Crippen LogP contribution in [0.25, 0.3) is 39.0 Å². The fourth-order valence-corrected chi connectivity index (χ4v) is 4.70. The Morgan fingerprint density at radius 1 is 0.524 bits per heavy atom. The molecule has 0 bridgehead atoms. The first-order chi connectivity index (χ1) is 19.8. The van der Waals surface area contributed by atoms with Crippen molar-refractivity contribution < 1.29 is 44.6 Å². The van der Waals surface area contributed by atoms with Crippen LogP contribution in [0, 0.1) is 34.3 Å². The fourth-order valence-electron chi connectivity index (χ4n) is 4.70. The minimum Gasteiger partial charge on any atom is -0.405 e. The second-order valence-electron chi connectivity index (χ2n) is 8.87. The lowest BCUT2D eigenvalue weighted by atomic mass is 9.95. The highest BCUT2D eigenvalue weighted by Gasteiger charge is 2.37. The Labute approximate surface area is 231 Å². The van der Waals surface area contributed by atoms with Crippen LogP contribution in [-0.2, 0) is 0 Å². The quantitative estimate of drug-likeness (QED) is 0.156. The van der Waals surface area contributed by atoms with Crippen LogP contribution in [0.5, 0.6) is 11.5 Å². The van der Waals surface area contributed by atoms with Gasteiger partial charge in [-0.2, -0.15) is 10.5 Å². The molecule has 0 spiro atoms. The standard InChI is InChI=1S/C30H12F8N2O2/c31-18-5-1-15(2-6-18)20-9-22-23-10-21(16-3-7-19(32)8-4-16)27(42-30(36,37)38)12-25(23)28(17(13-39)14-40)24(22)11-26(20)41-29(33,34)35/h1-12H. The molecular formula is C30H12F8N2O2. The van der Waals surface area contributed by atoms with Gasteiger partial charge in [0.1, 0.15) is 40.8 Å². The van der Waals surface area contributed by atoms with Gasteiger partial charge >= 0.3 is 12.7 Å². The molecule has 0 saturated heterocycles. The number of hydrogen-bond acceptors (Lipinski definition) is 4. The zero-order chi connectivity index (χ0) is 30.4. The van der Waals surface area contributed by atoms with Gasteiger partial charge in [-0.15, -0.1) is 26.3 Å². The van der Waals surface area contributed by atoms with Gasteiger partial charge in [-0.1, -0.05) is 24.3 Å². The molecule has 5 rings (SSSR count). The number of allylic oxidation sites excluding steroid dienone is 1. The van der Waals surface area contributed by atoms with Gasteiger partial charge in [-0.3, -0.25) is 0 Å². The molecule has 4 nitrogen and oxygen atoms in total. The van der Waals surface area contributed by atoms with Crippen molar-refractivity contribution in [1.82, 2.24) is 0 Å². The molecule has 0 aromatic heterocycles. The van der Waals surface area contributed by atoms with E-state index in [0.29, 0.717) is 0 Å². The predicted octanol–water partition coefficient (Wildman–Crippen LogP) is 8.93. The molecule has 0 unspecified atom stereocenters. The van der Waals surface area contributed by atoms with E-state index in [9.17, 15) is 45.6 Å². The molecule has 210 valence electrons. The van der Waals surface area contributed by atoms with E-state index in [0.717, 1.165) is 36.4 Å². The number of hydrogen-bond donors (Lipinski definition) is 0. The molecule has 4 aromatic rings. The number of fused-ring (bicyclic) bond motifs is 3. The van der Waals surface area contributed by atoms with Gasteiger partial charge in [-0.25, -0.2) is 8.78 Å². The smallest absolute Gasteiger partial charge is 0.405 e. The fraction of sp³-hybridized carbons (Fsp3) is 0.0667. The van der Waals surface area contributed by atoms with Crippen LogP contribution >= 0.6 is 0 Å². The van der Waals surface area contributed by atoms with Crippen LogP contribution in [0.3, 0.4) is 0 Å². The summed E-state index contributed by atoms with van der Waals surface area (Å²) in [5.74, 6) is -2.86. The minimum absolute atomic E-state index is 0.106. The first-order valence-corrected chi connectivity index (χ1v) is 11.7. The SMILES string of the molecule is N#CC(C#N)=C1c2cc(OC(F)(F)F)c(-c3ccc(F)cc3)cc2-c2cc(-c3ccc(F)cc3)c(OC(F)(F)F)cc21. The lowest BCUT2D eigenvalue weighted by molar-refractivity contribution is -0.275. The van der Waals surface area contributed by atoms with E-state index in [1.807, 2.05) is 0 Å². The van der Waals surface area contributed by atoms with Crippen molar-refractivity contribution in [1.29, 1.82) is 10.5 Å². The molecule has 0 atom stereocenters. The Balaban J connectivity index is 1.87. The van der Waals surface area contributed by atoms with E-state index in [1.165, 1.54) is 36.4 Å². The Morgan fingerprint density at radius 2 is 0.881 bits per heavy atom. The van der Waals surface area contributed by atoms with Gasteiger partial charge in [0.05, 0.1) is 0 Å². The normalized spacial score (nSPS) is 12.2. The summed E-state index contributed by atoms with van der Waals surface area (Å²) in [6, 6.07) is 16.4. The van der Waals surface area contributed by atoms with Crippen molar-refractivity contribution >= 4 is 5.57 Å². The van der Waals surface area contributed by atoms with E-state index >= 15 is 0 Å². The predicted molar refractivity (Wildman–Crippen MR) is 133 cm³/mol. The van der Waals surface area contributed by atoms with Crippen molar-refractivity contribution in [2.24, 2.45) is 0 Å². The molecule has 0 aliphatic heterocycles. The summed E-state index contributed by atoms with van der Waals surface area (Å²) in [6.07, 6.45) is -10.4. The first-order valence-electron chi connectivity index (χ1n) is 11.7. The Bertz CT molecular complexity index is 1690. The zero-order valence-corrected chi connectivity index (χ0v) is 20.7. The molecule has 1 aliphatic rings. The molecule has 12 heteroatoms. The van der Waals surface area contributed by atoms with E-state index in [4.69, 9.17) is 0 Å². The van der Waals surface area contributed by atoms with Crippen molar-refractivity contribution in [2.75, 3.05) is 0 Å². The monoisotopic (exact) mass is 584 g/mol. The van der Waals surface area contributed by atoms with Crippen LogP contribution in [0.1, 0.15) is 11.1 Å². The topological polar surface area (TPSA) is 66.0 Å². The third-order valence-corrected chi connectivity index (χ3v) is 6.30. The maximum Gasteiger partial charge on any atom is 0.573 e. The largest absolute Gasteiger partial charge is 0.573 e. The number of halogens is 8. The molecular weight excluding hydrogens is 572 g/mol. The molecule has 0 saturated carbocycles. The second-order valence-corrected chi connectivity index (χ2v) is 8.87. The van der Waals surface area contributed by atoms with Crippen LogP contribution in [0.15, 0.2) is 78.4 Å². The molecule has 0 fully saturated rings. The third kappa shape index (κ3) is 5.47. The highest BCUT2D eigenvalue weighted by molar-refractivity contribution is 6.07. The summed E-state index contributed by atoms with van der Waals surface area (Å²) in [5, 5.41) is 19.3. The van der Waals surface area contributed by atoms with Crippen molar-refractivity contribution in [2.45, 2.75) is 12.7 Å². The molecule has 0 radical (unpaired) electrons. The summed E-state index contributed by atoms with van der Waals surface area (Å²) >= 11 is 0. The zero-order valence-electron chi connectivity index (χ0n) is 20.7. The van der Waals surface area contributed by atoms with Gasteiger partial charge in [0.2, 0.25) is 0 Å². The Kier molecular flexibility index (Phi) is 6.87.